The first-order valence-corrected chi connectivity index (χ1v) is 9.85. The van der Waals surface area contributed by atoms with Crippen molar-refractivity contribution in [1.29, 1.82) is 0 Å². The number of carbonyl (C=O) groups is 1. The molecule has 24 heavy (non-hydrogen) atoms. The maximum absolute atomic E-state index is 13.4. The van der Waals surface area contributed by atoms with Crippen LogP contribution in [0.2, 0.25) is 0 Å². The topological polar surface area (TPSA) is 26.3 Å². The summed E-state index contributed by atoms with van der Waals surface area (Å²) >= 11 is 0. The fourth-order valence-electron chi connectivity index (χ4n) is 5.20. The number of fused-ring (bicyclic) bond motifs is 2. The van der Waals surface area contributed by atoms with Gasteiger partial charge >= 0.3 is 5.97 Å². The van der Waals surface area contributed by atoms with Crippen molar-refractivity contribution in [1.82, 2.24) is 0 Å². The molecule has 2 saturated carbocycles. The fraction of sp³-hybridized carbons (Fsp3) is 0.955. The van der Waals surface area contributed by atoms with Crippen LogP contribution in [-0.4, -0.2) is 11.6 Å². The summed E-state index contributed by atoms with van der Waals surface area (Å²) in [7, 11) is 0. The lowest BCUT2D eigenvalue weighted by atomic mass is 9.61. The van der Waals surface area contributed by atoms with E-state index in [1.165, 1.54) is 32.1 Å². The third-order valence-corrected chi connectivity index (χ3v) is 7.36. The van der Waals surface area contributed by atoms with E-state index in [0.29, 0.717) is 0 Å². The molecule has 0 amide bonds. The van der Waals surface area contributed by atoms with E-state index in [0.717, 1.165) is 12.3 Å². The molecule has 0 heterocycles. The lowest BCUT2D eigenvalue weighted by Gasteiger charge is -2.48. The minimum atomic E-state index is -0.476. The first kappa shape index (κ1) is 19.8. The molecule has 2 rings (SSSR count). The van der Waals surface area contributed by atoms with E-state index < -0.39 is 5.41 Å². The van der Waals surface area contributed by atoms with Crippen molar-refractivity contribution in [3.63, 3.8) is 0 Å². The molecule has 0 aromatic rings. The average molecular weight is 337 g/mol. The summed E-state index contributed by atoms with van der Waals surface area (Å²) in [5.41, 5.74) is -0.655. The van der Waals surface area contributed by atoms with E-state index in [1.807, 2.05) is 0 Å². The van der Waals surface area contributed by atoms with E-state index >= 15 is 0 Å². The Morgan fingerprint density at radius 2 is 1.46 bits per heavy atom. The van der Waals surface area contributed by atoms with E-state index in [9.17, 15) is 4.79 Å². The molecule has 0 aliphatic heterocycles. The zero-order valence-corrected chi connectivity index (χ0v) is 17.6. The minimum Gasteiger partial charge on any atom is -0.459 e. The quantitative estimate of drug-likeness (QED) is 0.557. The molecule has 140 valence electrons. The summed E-state index contributed by atoms with van der Waals surface area (Å²) in [5, 5.41) is 0. The molecule has 0 radical (unpaired) electrons. The first-order chi connectivity index (χ1) is 10.6. The van der Waals surface area contributed by atoms with Gasteiger partial charge in [0.2, 0.25) is 0 Å². The van der Waals surface area contributed by atoms with Gasteiger partial charge in [0, 0.05) is 5.41 Å². The number of rotatable bonds is 4. The standard InChI is InChI=1S/C22H40O2/c1-18(2,3)15-21(9,19(4,5)6)17(23)24-20(7,8)22-12-10-16(14-22)11-13-22/h16H,10-15H2,1-9H3. The van der Waals surface area contributed by atoms with Gasteiger partial charge in [-0.1, -0.05) is 41.5 Å². The van der Waals surface area contributed by atoms with Gasteiger partial charge in [-0.05, 0) is 76.0 Å². The van der Waals surface area contributed by atoms with Crippen LogP contribution < -0.4 is 0 Å². The number of hydrogen-bond donors (Lipinski definition) is 0. The normalized spacial score (nSPS) is 30.3. The molecule has 0 N–H and O–H groups in total. The Bertz CT molecular complexity index is 481. The van der Waals surface area contributed by atoms with E-state index in [2.05, 4.69) is 62.3 Å². The molecule has 0 aromatic heterocycles. The summed E-state index contributed by atoms with van der Waals surface area (Å²) in [5.74, 6) is 0.867. The lowest BCUT2D eigenvalue weighted by Crippen LogP contribution is -2.51. The van der Waals surface area contributed by atoms with Crippen molar-refractivity contribution in [2.45, 2.75) is 106 Å². The Morgan fingerprint density at radius 3 is 1.79 bits per heavy atom. The maximum atomic E-state index is 13.4. The number of ether oxygens (including phenoxy) is 1. The predicted molar refractivity (Wildman–Crippen MR) is 101 cm³/mol. The molecule has 2 nitrogen and oxygen atoms in total. The van der Waals surface area contributed by atoms with Crippen molar-refractivity contribution in [2.24, 2.45) is 27.6 Å². The molecule has 2 heteroatoms. The van der Waals surface area contributed by atoms with E-state index in [4.69, 9.17) is 4.74 Å². The van der Waals surface area contributed by atoms with Crippen LogP contribution in [0.15, 0.2) is 0 Å². The van der Waals surface area contributed by atoms with Crippen LogP contribution in [0.1, 0.15) is 101 Å². The van der Waals surface area contributed by atoms with Crippen LogP contribution in [0.4, 0.5) is 0 Å². The molecule has 1 atom stereocenters. The van der Waals surface area contributed by atoms with Crippen LogP contribution in [0.5, 0.6) is 0 Å². The summed E-state index contributed by atoms with van der Waals surface area (Å²) < 4.78 is 6.34. The lowest BCUT2D eigenvalue weighted by molar-refractivity contribution is -0.191. The average Bonchev–Trinajstić information content (AvgIpc) is 2.96. The Balaban J connectivity index is 2.24. The smallest absolute Gasteiger partial charge is 0.312 e. The second kappa shape index (κ2) is 5.74. The van der Waals surface area contributed by atoms with Gasteiger partial charge in [-0.3, -0.25) is 4.79 Å². The highest BCUT2D eigenvalue weighted by atomic mass is 16.6. The van der Waals surface area contributed by atoms with Crippen molar-refractivity contribution >= 4 is 5.97 Å². The molecular weight excluding hydrogens is 296 g/mol. The second-order valence-electron chi connectivity index (χ2n) is 11.6. The largest absolute Gasteiger partial charge is 0.459 e. The van der Waals surface area contributed by atoms with Crippen LogP contribution in [-0.2, 0) is 9.53 Å². The van der Waals surface area contributed by atoms with Gasteiger partial charge in [-0.2, -0.15) is 0 Å². The monoisotopic (exact) mass is 336 g/mol. The zero-order chi connectivity index (χ0) is 18.6. The Labute approximate surface area is 150 Å². The van der Waals surface area contributed by atoms with Crippen molar-refractivity contribution in [3.8, 4) is 0 Å². The molecule has 0 aromatic carbocycles. The molecule has 1 unspecified atom stereocenters. The SMILES string of the molecule is CC(C)(C)CC(C)(C(=O)OC(C)(C)C12CCC(CC1)C2)C(C)(C)C. The van der Waals surface area contributed by atoms with Gasteiger partial charge in [-0.25, -0.2) is 0 Å². The molecule has 0 saturated heterocycles. The predicted octanol–water partition coefficient (Wildman–Crippen LogP) is 6.38. The fourth-order valence-corrected chi connectivity index (χ4v) is 5.20. The van der Waals surface area contributed by atoms with Gasteiger partial charge in [0.1, 0.15) is 5.60 Å². The van der Waals surface area contributed by atoms with Crippen LogP contribution in [0.3, 0.4) is 0 Å². The van der Waals surface area contributed by atoms with Gasteiger partial charge in [0.05, 0.1) is 5.41 Å². The van der Waals surface area contributed by atoms with Crippen molar-refractivity contribution in [3.05, 3.63) is 0 Å². The van der Waals surface area contributed by atoms with Gasteiger partial charge < -0.3 is 4.74 Å². The van der Waals surface area contributed by atoms with Crippen LogP contribution >= 0.6 is 0 Å². The summed E-state index contributed by atoms with van der Waals surface area (Å²) in [6.45, 7) is 19.6. The zero-order valence-electron chi connectivity index (χ0n) is 17.6. The van der Waals surface area contributed by atoms with Gasteiger partial charge in [0.15, 0.2) is 0 Å². The molecular formula is C22H40O2. The van der Waals surface area contributed by atoms with Crippen molar-refractivity contribution < 1.29 is 9.53 Å². The Morgan fingerprint density at radius 1 is 0.958 bits per heavy atom. The highest BCUT2D eigenvalue weighted by Gasteiger charge is 2.57. The van der Waals surface area contributed by atoms with Crippen LogP contribution in [0.25, 0.3) is 0 Å². The van der Waals surface area contributed by atoms with E-state index in [1.54, 1.807) is 0 Å². The Kier molecular flexibility index (Phi) is 4.74. The number of carbonyl (C=O) groups excluding carboxylic acids is 1. The van der Waals surface area contributed by atoms with Gasteiger partial charge in [-0.15, -0.1) is 0 Å². The first-order valence-electron chi connectivity index (χ1n) is 9.85. The third kappa shape index (κ3) is 3.40. The van der Waals surface area contributed by atoms with Crippen molar-refractivity contribution in [2.75, 3.05) is 0 Å². The summed E-state index contributed by atoms with van der Waals surface area (Å²) in [6.07, 6.45) is 7.18. The number of esters is 1. The number of hydrogen-bond acceptors (Lipinski definition) is 2. The van der Waals surface area contributed by atoms with Gasteiger partial charge in [0.25, 0.3) is 0 Å². The van der Waals surface area contributed by atoms with E-state index in [-0.39, 0.29) is 27.8 Å². The van der Waals surface area contributed by atoms with Crippen LogP contribution in [0, 0.1) is 27.6 Å². The molecule has 2 bridgehead atoms. The second-order valence-corrected chi connectivity index (χ2v) is 11.6. The minimum absolute atomic E-state index is 0.000324. The highest BCUT2D eigenvalue weighted by Crippen LogP contribution is 2.61. The molecule has 2 aliphatic carbocycles. The molecule has 2 fully saturated rings. The molecule has 0 spiro atoms. The third-order valence-electron chi connectivity index (χ3n) is 7.36. The maximum Gasteiger partial charge on any atom is 0.312 e. The summed E-state index contributed by atoms with van der Waals surface area (Å²) in [6, 6.07) is 0. The Hall–Kier alpha value is -0.530. The highest BCUT2D eigenvalue weighted by molar-refractivity contribution is 5.78. The molecule has 2 aliphatic rings. The summed E-state index contributed by atoms with van der Waals surface area (Å²) in [4.78, 5) is 13.4.